The molecule has 1 aromatic carbocycles. The molecular formula is C18H29NO. The molecular weight excluding hydrogens is 246 g/mol. The van der Waals surface area contributed by atoms with Gasteiger partial charge in [0.1, 0.15) is 11.9 Å². The van der Waals surface area contributed by atoms with E-state index in [1.807, 2.05) is 0 Å². The van der Waals surface area contributed by atoms with Gasteiger partial charge in [-0.05, 0) is 49.3 Å². The molecule has 2 heteroatoms. The largest absolute Gasteiger partial charge is 0.488 e. The third-order valence-electron chi connectivity index (χ3n) is 4.94. The van der Waals surface area contributed by atoms with Crippen LogP contribution in [0.15, 0.2) is 24.3 Å². The Kier molecular flexibility index (Phi) is 4.74. The molecule has 112 valence electrons. The second kappa shape index (κ2) is 6.17. The van der Waals surface area contributed by atoms with E-state index in [9.17, 15) is 0 Å². The summed E-state index contributed by atoms with van der Waals surface area (Å²) < 4.78 is 6.41. The number of hydrogen-bond donors (Lipinski definition) is 1. The molecule has 0 saturated heterocycles. The van der Waals surface area contributed by atoms with Crippen molar-refractivity contribution in [1.82, 2.24) is 5.32 Å². The van der Waals surface area contributed by atoms with Crippen molar-refractivity contribution >= 4 is 0 Å². The van der Waals surface area contributed by atoms with E-state index in [0.29, 0.717) is 17.4 Å². The number of likely N-dealkylation sites (N-methyl/N-ethyl adjacent to an activating group) is 1. The first-order chi connectivity index (χ1) is 9.49. The second-order valence-electron chi connectivity index (χ2n) is 6.80. The highest BCUT2D eigenvalue weighted by atomic mass is 16.5. The van der Waals surface area contributed by atoms with Gasteiger partial charge in [-0.3, -0.25) is 0 Å². The molecule has 0 radical (unpaired) electrons. The van der Waals surface area contributed by atoms with Crippen LogP contribution in [-0.4, -0.2) is 19.2 Å². The molecule has 3 unspecified atom stereocenters. The van der Waals surface area contributed by atoms with Crippen LogP contribution in [0, 0.1) is 5.41 Å². The average Bonchev–Trinajstić information content (AvgIpc) is 2.73. The van der Waals surface area contributed by atoms with Crippen LogP contribution in [0.4, 0.5) is 0 Å². The van der Waals surface area contributed by atoms with E-state index in [-0.39, 0.29) is 6.10 Å². The molecule has 1 aromatic rings. The average molecular weight is 275 g/mol. The van der Waals surface area contributed by atoms with Crippen molar-refractivity contribution in [2.75, 3.05) is 7.05 Å². The molecule has 0 aromatic heterocycles. The van der Waals surface area contributed by atoms with Crippen LogP contribution in [0.3, 0.4) is 0 Å². The summed E-state index contributed by atoms with van der Waals surface area (Å²) >= 11 is 0. The zero-order chi connectivity index (χ0) is 14.8. The molecule has 2 rings (SSSR count). The molecule has 1 N–H and O–H groups in total. The Morgan fingerprint density at radius 3 is 2.70 bits per heavy atom. The van der Waals surface area contributed by atoms with E-state index >= 15 is 0 Å². The smallest absolute Gasteiger partial charge is 0.123 e. The van der Waals surface area contributed by atoms with E-state index in [1.165, 1.54) is 12.0 Å². The summed E-state index contributed by atoms with van der Waals surface area (Å²) in [6, 6.07) is 8.95. The van der Waals surface area contributed by atoms with Crippen molar-refractivity contribution in [3.63, 3.8) is 0 Å². The lowest BCUT2D eigenvalue weighted by molar-refractivity contribution is 0.144. The van der Waals surface area contributed by atoms with E-state index in [4.69, 9.17) is 4.74 Å². The van der Waals surface area contributed by atoms with Crippen molar-refractivity contribution in [2.45, 2.75) is 65.0 Å². The number of rotatable bonds is 5. The molecule has 1 saturated carbocycles. The number of benzene rings is 1. The van der Waals surface area contributed by atoms with Crippen molar-refractivity contribution in [3.05, 3.63) is 29.8 Å². The van der Waals surface area contributed by atoms with Gasteiger partial charge in [0, 0.05) is 6.04 Å². The van der Waals surface area contributed by atoms with Crippen LogP contribution in [-0.2, 0) is 0 Å². The molecule has 0 aliphatic heterocycles. The number of para-hydroxylation sites is 1. The maximum absolute atomic E-state index is 6.41. The van der Waals surface area contributed by atoms with Gasteiger partial charge in [0.15, 0.2) is 0 Å². The third kappa shape index (κ3) is 3.01. The summed E-state index contributed by atoms with van der Waals surface area (Å²) in [6.07, 6.45) is 3.77. The van der Waals surface area contributed by atoms with Crippen molar-refractivity contribution in [2.24, 2.45) is 5.41 Å². The van der Waals surface area contributed by atoms with Gasteiger partial charge >= 0.3 is 0 Å². The molecule has 1 aliphatic rings. The fraction of sp³-hybridized carbons (Fsp3) is 0.667. The van der Waals surface area contributed by atoms with E-state index in [1.54, 1.807) is 0 Å². The minimum absolute atomic E-state index is 0.278. The lowest BCUT2D eigenvalue weighted by Crippen LogP contribution is -2.44. The highest BCUT2D eigenvalue weighted by Crippen LogP contribution is 2.40. The highest BCUT2D eigenvalue weighted by molar-refractivity contribution is 5.36. The van der Waals surface area contributed by atoms with E-state index in [0.717, 1.165) is 18.6 Å². The summed E-state index contributed by atoms with van der Waals surface area (Å²) in [5.74, 6) is 1.62. The first-order valence-corrected chi connectivity index (χ1v) is 7.92. The first-order valence-electron chi connectivity index (χ1n) is 7.92. The van der Waals surface area contributed by atoms with Gasteiger partial charge in [-0.25, -0.2) is 0 Å². The Hall–Kier alpha value is -1.02. The molecule has 1 aliphatic carbocycles. The zero-order valence-electron chi connectivity index (χ0n) is 13.6. The van der Waals surface area contributed by atoms with Crippen LogP contribution in [0.1, 0.15) is 58.4 Å². The Morgan fingerprint density at radius 1 is 1.35 bits per heavy atom. The number of ether oxygens (including phenoxy) is 1. The highest BCUT2D eigenvalue weighted by Gasteiger charge is 2.42. The van der Waals surface area contributed by atoms with Gasteiger partial charge in [-0.15, -0.1) is 0 Å². The predicted molar refractivity (Wildman–Crippen MR) is 85.4 cm³/mol. The monoisotopic (exact) mass is 275 g/mol. The van der Waals surface area contributed by atoms with Gasteiger partial charge in [0.05, 0.1) is 0 Å². The summed E-state index contributed by atoms with van der Waals surface area (Å²) in [7, 11) is 2.05. The minimum Gasteiger partial charge on any atom is -0.488 e. The molecule has 20 heavy (non-hydrogen) atoms. The predicted octanol–water partition coefficient (Wildman–Crippen LogP) is 4.36. The molecule has 0 amide bonds. The van der Waals surface area contributed by atoms with Gasteiger partial charge in [-0.2, -0.15) is 0 Å². The van der Waals surface area contributed by atoms with Gasteiger partial charge in [-0.1, -0.05) is 45.9 Å². The van der Waals surface area contributed by atoms with Crippen LogP contribution in [0.5, 0.6) is 5.75 Å². The van der Waals surface area contributed by atoms with Crippen LogP contribution < -0.4 is 10.1 Å². The van der Waals surface area contributed by atoms with Gasteiger partial charge in [0.2, 0.25) is 0 Å². The maximum atomic E-state index is 6.41. The molecule has 0 bridgehead atoms. The molecule has 2 nitrogen and oxygen atoms in total. The van der Waals surface area contributed by atoms with E-state index < -0.39 is 0 Å². The summed E-state index contributed by atoms with van der Waals surface area (Å²) in [5, 5.41) is 3.46. The molecule has 1 fully saturated rings. The van der Waals surface area contributed by atoms with Crippen molar-refractivity contribution in [1.29, 1.82) is 0 Å². The topological polar surface area (TPSA) is 21.3 Å². The molecule has 0 heterocycles. The van der Waals surface area contributed by atoms with Crippen LogP contribution in [0.25, 0.3) is 0 Å². The molecule has 0 spiro atoms. The van der Waals surface area contributed by atoms with Crippen LogP contribution in [0.2, 0.25) is 0 Å². The van der Waals surface area contributed by atoms with Gasteiger partial charge in [0.25, 0.3) is 0 Å². The standard InChI is InChI=1S/C18H29NO/c1-6-13(2)14-9-7-8-10-15(14)20-16-11-12-18(3,4)17(16)19-5/h7-10,13,16-17,19H,6,11-12H2,1-5H3. The van der Waals surface area contributed by atoms with Crippen molar-refractivity contribution < 1.29 is 4.74 Å². The quantitative estimate of drug-likeness (QED) is 0.862. The minimum atomic E-state index is 0.278. The number of hydrogen-bond acceptors (Lipinski definition) is 2. The lowest BCUT2D eigenvalue weighted by Gasteiger charge is -2.31. The SMILES string of the molecule is CCC(C)c1ccccc1OC1CCC(C)(C)C1NC. The fourth-order valence-corrected chi connectivity index (χ4v) is 3.42. The van der Waals surface area contributed by atoms with E-state index in [2.05, 4.69) is 64.3 Å². The first kappa shape index (κ1) is 15.4. The summed E-state index contributed by atoms with van der Waals surface area (Å²) in [6.45, 7) is 9.17. The molecule has 3 atom stereocenters. The Labute approximate surface area is 123 Å². The lowest BCUT2D eigenvalue weighted by atomic mass is 9.87. The second-order valence-corrected chi connectivity index (χ2v) is 6.80. The Bertz CT molecular complexity index is 441. The summed E-state index contributed by atoms with van der Waals surface area (Å²) in [5.41, 5.74) is 1.65. The Balaban J connectivity index is 2.18. The zero-order valence-corrected chi connectivity index (χ0v) is 13.6. The third-order valence-corrected chi connectivity index (χ3v) is 4.94. The maximum Gasteiger partial charge on any atom is 0.123 e. The fourth-order valence-electron chi connectivity index (χ4n) is 3.42. The normalized spacial score (nSPS) is 26.4. The van der Waals surface area contributed by atoms with Gasteiger partial charge < -0.3 is 10.1 Å². The Morgan fingerprint density at radius 2 is 2.05 bits per heavy atom. The van der Waals surface area contributed by atoms with Crippen LogP contribution >= 0.6 is 0 Å². The number of nitrogens with one attached hydrogen (secondary N) is 1. The summed E-state index contributed by atoms with van der Waals surface area (Å²) in [4.78, 5) is 0. The van der Waals surface area contributed by atoms with Crippen molar-refractivity contribution in [3.8, 4) is 5.75 Å².